The Hall–Kier alpha value is -8.11. The van der Waals surface area contributed by atoms with Gasteiger partial charge in [0.1, 0.15) is 0 Å². The second-order valence-corrected chi connectivity index (χ2v) is 21.7. The van der Waals surface area contributed by atoms with Gasteiger partial charge < -0.3 is 18.3 Å². The molecule has 9 heteroatoms. The zero-order valence-corrected chi connectivity index (χ0v) is 43.3. The van der Waals surface area contributed by atoms with Gasteiger partial charge in [-0.25, -0.2) is 0 Å². The molecule has 76 heavy (non-hydrogen) atoms. The van der Waals surface area contributed by atoms with Gasteiger partial charge in [-0.2, -0.15) is 0 Å². The molecule has 0 bridgehead atoms. The molecule has 6 aromatic heterocycles. The van der Waals surface area contributed by atoms with Gasteiger partial charge in [0.25, 0.3) is 0 Å². The van der Waals surface area contributed by atoms with Crippen LogP contribution in [0.1, 0.15) is 83.0 Å². The Labute approximate surface area is 443 Å². The van der Waals surface area contributed by atoms with Gasteiger partial charge in [-0.05, 0) is 108 Å². The van der Waals surface area contributed by atoms with Gasteiger partial charge in [-0.1, -0.05) is 109 Å². The van der Waals surface area contributed by atoms with Crippen LogP contribution in [0, 0.1) is 0 Å². The molecule has 0 radical (unpaired) electrons. The molecule has 14 rings (SSSR count). The number of aromatic nitrogens is 6. The second-order valence-electron chi connectivity index (χ2n) is 21.7. The summed E-state index contributed by atoms with van der Waals surface area (Å²) in [6, 6.07) is 57.9. The van der Waals surface area contributed by atoms with Gasteiger partial charge in [0.2, 0.25) is 0 Å². The fourth-order valence-electron chi connectivity index (χ4n) is 13.9. The standard InChI is InChI=1S/C67H62N8O/c1-70-43-55(49-17-3-7-23-57(49)70)65(53-21-11-27-61-63(53)51-19-5-9-25-59(51)74(61)47-29-35-72(36-30-47)41-45-15-13-33-68-39-45)67(76)66(56-44-71(2)58-24-8-4-18-50(56)58)54-22-12-28-62-64(54)52-20-6-10-26-60(52)75(62)48-31-37-73(38-32-48)42-46-16-14-34-69-40-46/h3-28,33-34,39-40,43-44,47-48,65-66H,29-32,35-38,41-42H2,1-2H3. The first kappa shape index (κ1) is 46.4. The lowest BCUT2D eigenvalue weighted by Crippen LogP contribution is -2.34. The lowest BCUT2D eigenvalue weighted by molar-refractivity contribution is -0.120. The molecule has 8 heterocycles. The fraction of sp³-hybridized carbons (Fsp3) is 0.239. The molecule has 2 aliphatic heterocycles. The number of carbonyl (C=O) groups excluding carboxylic acids is 1. The van der Waals surface area contributed by atoms with Gasteiger partial charge in [0.15, 0.2) is 5.78 Å². The van der Waals surface area contributed by atoms with Crippen molar-refractivity contribution < 1.29 is 4.79 Å². The number of benzene rings is 6. The number of Topliss-reactive ketones (excluding diaryl/α,β-unsaturated/α-hetero) is 1. The third-order valence-corrected chi connectivity index (χ3v) is 17.3. The second kappa shape index (κ2) is 19.2. The fourth-order valence-corrected chi connectivity index (χ4v) is 13.9. The van der Waals surface area contributed by atoms with Crippen molar-refractivity contribution in [1.29, 1.82) is 0 Å². The van der Waals surface area contributed by atoms with E-state index >= 15 is 4.79 Å². The Morgan fingerprint density at radius 2 is 0.816 bits per heavy atom. The van der Waals surface area contributed by atoms with Crippen molar-refractivity contribution >= 4 is 71.2 Å². The van der Waals surface area contributed by atoms with Gasteiger partial charge in [-0.3, -0.25) is 24.6 Å². The summed E-state index contributed by atoms with van der Waals surface area (Å²) in [5, 5.41) is 6.94. The summed E-state index contributed by atoms with van der Waals surface area (Å²) in [6.45, 7) is 5.83. The molecule has 0 spiro atoms. The van der Waals surface area contributed by atoms with E-state index < -0.39 is 11.8 Å². The molecule has 376 valence electrons. The van der Waals surface area contributed by atoms with Crippen molar-refractivity contribution in [2.24, 2.45) is 14.1 Å². The van der Waals surface area contributed by atoms with E-state index in [0.29, 0.717) is 12.1 Å². The van der Waals surface area contributed by atoms with Crippen molar-refractivity contribution in [3.63, 3.8) is 0 Å². The van der Waals surface area contributed by atoms with Gasteiger partial charge in [-0.15, -0.1) is 0 Å². The minimum atomic E-state index is -0.618. The molecule has 0 N–H and O–H groups in total. The minimum absolute atomic E-state index is 0.175. The van der Waals surface area contributed by atoms with Gasteiger partial charge in [0, 0.05) is 168 Å². The van der Waals surface area contributed by atoms with Crippen LogP contribution >= 0.6 is 0 Å². The number of hydrogen-bond donors (Lipinski definition) is 0. The molecule has 2 unspecified atom stereocenters. The maximum atomic E-state index is 17.4. The van der Waals surface area contributed by atoms with Crippen LogP contribution in [-0.4, -0.2) is 70.0 Å². The molecule has 0 aliphatic carbocycles. The molecule has 12 aromatic rings. The highest BCUT2D eigenvalue weighted by molar-refractivity contribution is 6.16. The van der Waals surface area contributed by atoms with Crippen LogP contribution in [0.25, 0.3) is 65.4 Å². The van der Waals surface area contributed by atoms with E-state index in [1.807, 2.05) is 36.9 Å². The van der Waals surface area contributed by atoms with Crippen LogP contribution in [0.2, 0.25) is 0 Å². The molecule has 2 atom stereocenters. The number of aryl methyl sites for hydroxylation is 2. The highest BCUT2D eigenvalue weighted by Crippen LogP contribution is 2.49. The van der Waals surface area contributed by atoms with Gasteiger partial charge >= 0.3 is 0 Å². The van der Waals surface area contributed by atoms with E-state index in [9.17, 15) is 0 Å². The van der Waals surface area contributed by atoms with Crippen molar-refractivity contribution in [2.45, 2.75) is 62.7 Å². The lowest BCUT2D eigenvalue weighted by atomic mass is 9.75. The number of ketones is 1. The number of rotatable bonds is 12. The topological polar surface area (TPSA) is 69.1 Å². The quantitative estimate of drug-likeness (QED) is 0.122. The summed E-state index contributed by atoms with van der Waals surface area (Å²) in [7, 11) is 4.25. The molecule has 2 fully saturated rings. The maximum absolute atomic E-state index is 17.4. The maximum Gasteiger partial charge on any atom is 0.156 e. The molecule has 9 nitrogen and oxygen atoms in total. The summed E-state index contributed by atoms with van der Waals surface area (Å²) in [5.74, 6) is -1.06. The van der Waals surface area contributed by atoms with E-state index in [4.69, 9.17) is 0 Å². The average molecular weight is 995 g/mol. The Kier molecular flexibility index (Phi) is 11.7. The highest BCUT2D eigenvalue weighted by atomic mass is 16.1. The first-order valence-corrected chi connectivity index (χ1v) is 27.3. The predicted octanol–water partition coefficient (Wildman–Crippen LogP) is 13.9. The van der Waals surface area contributed by atoms with Crippen LogP contribution in [0.3, 0.4) is 0 Å². The molecule has 6 aromatic carbocycles. The number of likely N-dealkylation sites (tertiary alicyclic amines) is 2. The third kappa shape index (κ3) is 7.86. The van der Waals surface area contributed by atoms with Crippen LogP contribution in [0.5, 0.6) is 0 Å². The van der Waals surface area contributed by atoms with E-state index in [1.165, 1.54) is 54.7 Å². The molecular weight excluding hydrogens is 933 g/mol. The van der Waals surface area contributed by atoms with E-state index in [1.54, 1.807) is 0 Å². The summed E-state index contributed by atoms with van der Waals surface area (Å²) in [5.41, 5.74) is 13.8. The molecule has 2 saturated heterocycles. The van der Waals surface area contributed by atoms with E-state index in [2.05, 4.69) is 210 Å². The summed E-state index contributed by atoms with van der Waals surface area (Å²) >= 11 is 0. The third-order valence-electron chi connectivity index (χ3n) is 17.3. The number of pyridine rings is 2. The van der Waals surface area contributed by atoms with Gasteiger partial charge in [0.05, 0.1) is 11.8 Å². The molecule has 0 saturated carbocycles. The average Bonchev–Trinajstić information content (AvgIpc) is 4.20. The van der Waals surface area contributed by atoms with Crippen molar-refractivity contribution in [1.82, 2.24) is 38.0 Å². The number of fused-ring (bicyclic) bond motifs is 8. The molecular formula is C67H62N8O. The summed E-state index contributed by atoms with van der Waals surface area (Å²) in [4.78, 5) is 31.4. The van der Waals surface area contributed by atoms with Crippen molar-refractivity contribution in [3.05, 3.63) is 228 Å². The van der Waals surface area contributed by atoms with Crippen LogP contribution in [0.4, 0.5) is 0 Å². The zero-order valence-electron chi connectivity index (χ0n) is 43.3. The summed E-state index contributed by atoms with van der Waals surface area (Å²) < 4.78 is 9.69. The van der Waals surface area contributed by atoms with Crippen molar-refractivity contribution in [2.75, 3.05) is 26.2 Å². The highest BCUT2D eigenvalue weighted by Gasteiger charge is 2.39. The minimum Gasteiger partial charge on any atom is -0.350 e. The lowest BCUT2D eigenvalue weighted by Gasteiger charge is -2.33. The first-order chi connectivity index (χ1) is 37.5. The normalized spacial score (nSPS) is 16.2. The number of carbonyl (C=O) groups is 1. The number of nitrogens with zero attached hydrogens (tertiary/aromatic N) is 8. The Morgan fingerprint density at radius 3 is 1.22 bits per heavy atom. The monoisotopic (exact) mass is 995 g/mol. The Balaban J connectivity index is 0.952. The SMILES string of the molecule is Cn1cc(C(C(=O)C(c2cn(C)c3ccccc23)c2cccc3c2c2ccccc2n3C2CCN(Cc3cccnc3)CC2)c2cccc3c2c2ccccc2n3C2CCN(Cc3cccnc3)CC2)c2ccccc21. The van der Waals surface area contributed by atoms with Crippen molar-refractivity contribution in [3.8, 4) is 0 Å². The van der Waals surface area contributed by atoms with Crippen LogP contribution in [0.15, 0.2) is 195 Å². The number of piperidine rings is 2. The first-order valence-electron chi connectivity index (χ1n) is 27.3. The summed E-state index contributed by atoms with van der Waals surface area (Å²) in [6.07, 6.45) is 16.3. The Morgan fingerprint density at radius 1 is 0.434 bits per heavy atom. The largest absolute Gasteiger partial charge is 0.350 e. The number of hydrogen-bond acceptors (Lipinski definition) is 5. The van der Waals surface area contributed by atoms with Crippen LogP contribution < -0.4 is 0 Å². The predicted molar refractivity (Wildman–Crippen MR) is 309 cm³/mol. The Bertz CT molecular complexity index is 3840. The molecule has 2 aliphatic rings. The van der Waals surface area contributed by atoms with E-state index in [-0.39, 0.29) is 5.78 Å². The van der Waals surface area contributed by atoms with E-state index in [0.717, 1.165) is 109 Å². The smallest absolute Gasteiger partial charge is 0.156 e. The zero-order chi connectivity index (χ0) is 50.9. The molecule has 0 amide bonds. The number of para-hydroxylation sites is 4. The van der Waals surface area contributed by atoms with Crippen LogP contribution in [-0.2, 0) is 32.0 Å².